The Morgan fingerprint density at radius 1 is 1.11 bits per heavy atom. The molecule has 1 aromatic heterocycles. The van der Waals surface area contributed by atoms with Gasteiger partial charge in [-0.15, -0.1) is 0 Å². The van der Waals surface area contributed by atoms with Crippen molar-refractivity contribution in [1.29, 1.82) is 0 Å². The van der Waals surface area contributed by atoms with Crippen LogP contribution in [0.25, 0.3) is 0 Å². The van der Waals surface area contributed by atoms with Gasteiger partial charge in [-0.2, -0.15) is 10.1 Å². The van der Waals surface area contributed by atoms with E-state index in [1.807, 2.05) is 30.6 Å². The molecule has 2 aliphatic heterocycles. The summed E-state index contributed by atoms with van der Waals surface area (Å²) in [6.07, 6.45) is 4.60. The van der Waals surface area contributed by atoms with Crippen LogP contribution >= 0.6 is 0 Å². The minimum atomic E-state index is -0.281. The molecule has 8 nitrogen and oxygen atoms in total. The fraction of sp³-hybridized carbons (Fsp3) is 0.368. The first kappa shape index (κ1) is 17.3. The van der Waals surface area contributed by atoms with E-state index in [2.05, 4.69) is 46.3 Å². The molecule has 0 radical (unpaired) electrons. The Kier molecular flexibility index (Phi) is 4.62. The van der Waals surface area contributed by atoms with Crippen molar-refractivity contribution in [3.8, 4) is 0 Å². The summed E-state index contributed by atoms with van der Waals surface area (Å²) < 4.78 is 1.81. The van der Waals surface area contributed by atoms with Gasteiger partial charge < -0.3 is 16.0 Å². The fourth-order valence-corrected chi connectivity index (χ4v) is 3.29. The molecular weight excluding hydrogens is 340 g/mol. The molecule has 0 saturated carbocycles. The van der Waals surface area contributed by atoms with Gasteiger partial charge in [-0.05, 0) is 24.5 Å². The molecule has 2 atom stereocenters. The molecule has 4 rings (SSSR count). The van der Waals surface area contributed by atoms with Gasteiger partial charge in [0.15, 0.2) is 12.2 Å². The molecule has 2 aliphatic rings. The lowest BCUT2D eigenvalue weighted by atomic mass is 10.2. The van der Waals surface area contributed by atoms with E-state index in [4.69, 9.17) is 15.7 Å². The first-order chi connectivity index (χ1) is 13.2. The van der Waals surface area contributed by atoms with Crippen LogP contribution in [0.2, 0.25) is 0 Å². The van der Waals surface area contributed by atoms with Gasteiger partial charge in [0.1, 0.15) is 5.84 Å². The van der Waals surface area contributed by atoms with Gasteiger partial charge in [-0.25, -0.2) is 14.7 Å². The third-order valence-corrected chi connectivity index (χ3v) is 4.79. The van der Waals surface area contributed by atoms with Gasteiger partial charge in [0.25, 0.3) is 0 Å². The maximum Gasteiger partial charge on any atom is 0.224 e. The minimum Gasteiger partial charge on any atom is -0.385 e. The highest BCUT2D eigenvalue weighted by molar-refractivity contribution is 6.03. The number of nitrogens with zero attached hydrogens (tertiary/aromatic N) is 6. The number of benzene rings is 1. The van der Waals surface area contributed by atoms with E-state index in [0.717, 1.165) is 24.5 Å². The number of rotatable bonds is 4. The van der Waals surface area contributed by atoms with E-state index >= 15 is 0 Å². The van der Waals surface area contributed by atoms with Gasteiger partial charge >= 0.3 is 0 Å². The highest BCUT2D eigenvalue weighted by Crippen LogP contribution is 2.23. The molecule has 0 amide bonds. The number of fused-ring (bicyclic) bond motifs is 1. The molecular formula is C19H24N8. The van der Waals surface area contributed by atoms with Gasteiger partial charge in [0.05, 0.1) is 6.20 Å². The van der Waals surface area contributed by atoms with Crippen LogP contribution in [-0.2, 0) is 13.0 Å². The van der Waals surface area contributed by atoms with E-state index in [1.165, 1.54) is 5.56 Å². The lowest BCUT2D eigenvalue weighted by Gasteiger charge is -2.28. The van der Waals surface area contributed by atoms with Crippen molar-refractivity contribution in [1.82, 2.24) is 20.0 Å². The summed E-state index contributed by atoms with van der Waals surface area (Å²) in [6.45, 7) is 5.59. The predicted octanol–water partition coefficient (Wildman–Crippen LogP) is 1.20. The van der Waals surface area contributed by atoms with Crippen LogP contribution in [0.15, 0.2) is 57.7 Å². The van der Waals surface area contributed by atoms with Crippen molar-refractivity contribution < 1.29 is 0 Å². The average molecular weight is 364 g/mol. The van der Waals surface area contributed by atoms with Crippen LogP contribution in [0.1, 0.15) is 25.0 Å². The van der Waals surface area contributed by atoms with E-state index < -0.39 is 0 Å². The molecule has 0 aliphatic carbocycles. The fourth-order valence-electron chi connectivity index (χ4n) is 3.29. The Labute approximate surface area is 158 Å². The monoisotopic (exact) mass is 364 g/mol. The van der Waals surface area contributed by atoms with Crippen LogP contribution < -0.4 is 11.1 Å². The summed E-state index contributed by atoms with van der Waals surface area (Å²) >= 11 is 0. The average Bonchev–Trinajstić information content (AvgIpc) is 3.31. The van der Waals surface area contributed by atoms with E-state index in [9.17, 15) is 0 Å². The van der Waals surface area contributed by atoms with Crippen molar-refractivity contribution in [2.24, 2.45) is 20.7 Å². The number of nitrogens with two attached hydrogens (primary N) is 1. The highest BCUT2D eigenvalue weighted by Gasteiger charge is 2.41. The summed E-state index contributed by atoms with van der Waals surface area (Å²) in [5.74, 6) is 1.78. The van der Waals surface area contributed by atoms with Crippen molar-refractivity contribution in [3.05, 3.63) is 53.9 Å². The van der Waals surface area contributed by atoms with Crippen LogP contribution in [0.3, 0.4) is 0 Å². The number of hydrogen-bond acceptors (Lipinski definition) is 7. The maximum atomic E-state index is 6.23. The second kappa shape index (κ2) is 7.22. The lowest BCUT2D eigenvalue weighted by molar-refractivity contribution is 0.338. The number of aromatic nitrogens is 2. The molecule has 0 spiro atoms. The summed E-state index contributed by atoms with van der Waals surface area (Å²) in [7, 11) is 0. The van der Waals surface area contributed by atoms with Gasteiger partial charge in [-0.3, -0.25) is 0 Å². The Balaban J connectivity index is 1.56. The first-order valence-corrected chi connectivity index (χ1v) is 9.27. The molecule has 0 saturated heterocycles. The number of amidine groups is 1. The summed E-state index contributed by atoms with van der Waals surface area (Å²) in [6, 6.07) is 9.86. The molecule has 0 fully saturated rings. The number of guanidine groups is 1. The summed E-state index contributed by atoms with van der Waals surface area (Å²) in [4.78, 5) is 16.1. The zero-order chi connectivity index (χ0) is 18.8. The molecule has 0 bridgehead atoms. The minimum absolute atomic E-state index is 0.199. The smallest absolute Gasteiger partial charge is 0.224 e. The summed E-state index contributed by atoms with van der Waals surface area (Å²) in [5.41, 5.74) is 8.56. The summed E-state index contributed by atoms with van der Waals surface area (Å²) in [5, 5.41) is 7.72. The van der Waals surface area contributed by atoms with Crippen molar-refractivity contribution in [3.63, 3.8) is 0 Å². The van der Waals surface area contributed by atoms with E-state index in [1.54, 1.807) is 4.68 Å². The largest absolute Gasteiger partial charge is 0.385 e. The van der Waals surface area contributed by atoms with E-state index in [-0.39, 0.29) is 12.2 Å². The lowest BCUT2D eigenvalue weighted by Crippen LogP contribution is -2.48. The number of hydrogen-bond donors (Lipinski definition) is 2. The molecule has 3 N–H and O–H groups in total. The Morgan fingerprint density at radius 3 is 2.63 bits per heavy atom. The van der Waals surface area contributed by atoms with Crippen molar-refractivity contribution in [2.45, 2.75) is 39.0 Å². The number of aliphatic imine (C=N–C) groups is 3. The van der Waals surface area contributed by atoms with Crippen LogP contribution in [0.4, 0.5) is 0 Å². The Morgan fingerprint density at radius 2 is 1.93 bits per heavy atom. The third kappa shape index (κ3) is 3.30. The van der Waals surface area contributed by atoms with Crippen molar-refractivity contribution >= 4 is 17.8 Å². The Hall–Kier alpha value is -3.16. The van der Waals surface area contributed by atoms with Crippen LogP contribution in [-0.4, -0.2) is 51.2 Å². The van der Waals surface area contributed by atoms with Gasteiger partial charge in [-0.1, -0.05) is 37.3 Å². The van der Waals surface area contributed by atoms with Gasteiger partial charge in [0.2, 0.25) is 11.9 Å². The SMILES string of the molecule is CCc1cnn(C2=NC3C(N)=NC(NCc4ccccc4)=NC3N2CC)c1. The maximum absolute atomic E-state index is 6.23. The first-order valence-electron chi connectivity index (χ1n) is 9.27. The second-order valence-corrected chi connectivity index (χ2v) is 6.55. The quantitative estimate of drug-likeness (QED) is 0.852. The topological polar surface area (TPSA) is 96.2 Å². The molecule has 1 aromatic carbocycles. The second-order valence-electron chi connectivity index (χ2n) is 6.55. The molecule has 27 heavy (non-hydrogen) atoms. The van der Waals surface area contributed by atoms with E-state index in [0.29, 0.717) is 18.3 Å². The highest BCUT2D eigenvalue weighted by atomic mass is 15.5. The zero-order valence-corrected chi connectivity index (χ0v) is 15.6. The Bertz CT molecular complexity index is 895. The number of nitrogens with one attached hydrogen (secondary N) is 1. The van der Waals surface area contributed by atoms with Crippen molar-refractivity contribution in [2.75, 3.05) is 6.54 Å². The van der Waals surface area contributed by atoms with Gasteiger partial charge in [0, 0.05) is 19.3 Å². The third-order valence-electron chi connectivity index (χ3n) is 4.79. The molecule has 8 heteroatoms. The molecule has 140 valence electrons. The molecule has 2 unspecified atom stereocenters. The predicted molar refractivity (Wildman–Crippen MR) is 107 cm³/mol. The number of likely N-dealkylation sites (N-methyl/N-ethyl adjacent to an activating group) is 1. The standard InChI is InChI=1S/C19H24N8/c1-3-13-11-22-27(12-13)19-23-15-16(20)24-18(25-17(15)26(19)4-2)21-10-14-8-6-5-7-9-14/h5-9,11-12,15,17H,3-4,10H2,1-2H3,(H3,20,21,24,25). The molecule has 2 aromatic rings. The zero-order valence-electron chi connectivity index (χ0n) is 15.6. The van der Waals surface area contributed by atoms with Crippen LogP contribution in [0.5, 0.6) is 0 Å². The molecule has 3 heterocycles. The van der Waals surface area contributed by atoms with Crippen LogP contribution in [0, 0.1) is 0 Å². The number of aryl methyl sites for hydroxylation is 1. The normalized spacial score (nSPS) is 21.4.